The Morgan fingerprint density at radius 2 is 1.85 bits per heavy atom. The Morgan fingerprint density at radius 3 is 2.30 bits per heavy atom. The second-order valence-corrected chi connectivity index (χ2v) is 6.22. The molecule has 2 amide bonds. The van der Waals surface area contributed by atoms with Crippen molar-refractivity contribution in [2.75, 3.05) is 26.2 Å². The van der Waals surface area contributed by atoms with Crippen molar-refractivity contribution in [1.82, 2.24) is 15.1 Å². The third-order valence-electron chi connectivity index (χ3n) is 4.13. The minimum absolute atomic E-state index is 0.141. The summed E-state index contributed by atoms with van der Waals surface area (Å²) in [6.07, 6.45) is 5.56. The predicted molar refractivity (Wildman–Crippen MR) is 85.0 cm³/mol. The van der Waals surface area contributed by atoms with E-state index in [4.69, 9.17) is 0 Å². The molecule has 1 heterocycles. The third-order valence-corrected chi connectivity index (χ3v) is 4.13. The zero-order chi connectivity index (χ0) is 15.0. The fraction of sp³-hybridized carbons (Fsp3) is 0.938. The molecule has 1 aliphatic heterocycles. The fourth-order valence-electron chi connectivity index (χ4n) is 2.65. The highest BCUT2D eigenvalue weighted by molar-refractivity contribution is 5.74. The lowest BCUT2D eigenvalue weighted by atomic mass is 10.2. The van der Waals surface area contributed by atoms with E-state index in [2.05, 4.69) is 37.9 Å². The number of likely N-dealkylation sites (tertiary alicyclic amines) is 1. The molecule has 1 atom stereocenters. The molecule has 118 valence electrons. The van der Waals surface area contributed by atoms with Gasteiger partial charge in [0.15, 0.2) is 0 Å². The lowest BCUT2D eigenvalue weighted by Crippen LogP contribution is -2.46. The molecule has 1 fully saturated rings. The smallest absolute Gasteiger partial charge is 0.317 e. The number of urea groups is 1. The molecule has 0 saturated carbocycles. The van der Waals surface area contributed by atoms with Crippen molar-refractivity contribution in [3.8, 4) is 0 Å². The van der Waals surface area contributed by atoms with E-state index < -0.39 is 0 Å². The second-order valence-electron chi connectivity index (χ2n) is 6.22. The first-order chi connectivity index (χ1) is 9.58. The summed E-state index contributed by atoms with van der Waals surface area (Å²) in [5.74, 6) is 0. The van der Waals surface area contributed by atoms with Crippen LogP contribution < -0.4 is 5.32 Å². The van der Waals surface area contributed by atoms with Gasteiger partial charge in [0.25, 0.3) is 0 Å². The van der Waals surface area contributed by atoms with Gasteiger partial charge in [0.2, 0.25) is 0 Å². The van der Waals surface area contributed by atoms with Crippen LogP contribution in [0, 0.1) is 0 Å². The van der Waals surface area contributed by atoms with Gasteiger partial charge in [-0.15, -0.1) is 0 Å². The van der Waals surface area contributed by atoms with Crippen LogP contribution in [0.1, 0.15) is 59.8 Å². The lowest BCUT2D eigenvalue weighted by Gasteiger charge is -2.25. The Morgan fingerprint density at radius 1 is 1.25 bits per heavy atom. The molecule has 1 aliphatic rings. The third kappa shape index (κ3) is 5.70. The summed E-state index contributed by atoms with van der Waals surface area (Å²) in [5, 5.41) is 3.23. The Hall–Kier alpha value is -0.770. The average Bonchev–Trinajstić information content (AvgIpc) is 2.87. The molecule has 0 radical (unpaired) electrons. The van der Waals surface area contributed by atoms with E-state index in [1.165, 1.54) is 0 Å². The zero-order valence-corrected chi connectivity index (χ0v) is 13.8. The maximum absolute atomic E-state index is 12.4. The van der Waals surface area contributed by atoms with E-state index in [9.17, 15) is 4.79 Å². The van der Waals surface area contributed by atoms with Crippen LogP contribution in [-0.2, 0) is 0 Å². The monoisotopic (exact) mass is 283 g/mol. The van der Waals surface area contributed by atoms with Crippen LogP contribution in [0.25, 0.3) is 0 Å². The summed E-state index contributed by atoms with van der Waals surface area (Å²) in [6.45, 7) is 12.7. The van der Waals surface area contributed by atoms with Crippen LogP contribution in [0.4, 0.5) is 4.79 Å². The molecule has 1 rings (SSSR count). The first-order valence-corrected chi connectivity index (χ1v) is 8.37. The van der Waals surface area contributed by atoms with Crippen LogP contribution in [0.3, 0.4) is 0 Å². The number of rotatable bonds is 8. The van der Waals surface area contributed by atoms with Crippen molar-refractivity contribution in [2.24, 2.45) is 0 Å². The number of hydrogen-bond donors (Lipinski definition) is 1. The Kier molecular flexibility index (Phi) is 7.97. The normalized spacial score (nSPS) is 19.6. The molecule has 0 spiro atoms. The van der Waals surface area contributed by atoms with Gasteiger partial charge in [-0.25, -0.2) is 4.79 Å². The number of carbonyl (C=O) groups excluding carboxylic acids is 1. The van der Waals surface area contributed by atoms with Crippen molar-refractivity contribution in [1.29, 1.82) is 0 Å². The highest BCUT2D eigenvalue weighted by atomic mass is 16.2. The van der Waals surface area contributed by atoms with E-state index in [1.54, 1.807) is 0 Å². The largest absolute Gasteiger partial charge is 0.334 e. The van der Waals surface area contributed by atoms with Gasteiger partial charge < -0.3 is 10.2 Å². The van der Waals surface area contributed by atoms with Crippen molar-refractivity contribution in [3.63, 3.8) is 0 Å². The fourth-order valence-corrected chi connectivity index (χ4v) is 2.65. The number of hydrogen-bond acceptors (Lipinski definition) is 2. The molecule has 20 heavy (non-hydrogen) atoms. The van der Waals surface area contributed by atoms with Crippen molar-refractivity contribution >= 4 is 6.03 Å². The molecule has 0 aliphatic carbocycles. The lowest BCUT2D eigenvalue weighted by molar-refractivity contribution is 0.190. The summed E-state index contributed by atoms with van der Waals surface area (Å²) in [6, 6.07) is 1.05. The molecule has 1 N–H and O–H groups in total. The molecular weight excluding hydrogens is 250 g/mol. The van der Waals surface area contributed by atoms with Gasteiger partial charge in [0, 0.05) is 38.3 Å². The molecule has 1 saturated heterocycles. The van der Waals surface area contributed by atoms with Gasteiger partial charge in [-0.2, -0.15) is 0 Å². The highest BCUT2D eigenvalue weighted by Crippen LogP contribution is 2.13. The summed E-state index contributed by atoms with van der Waals surface area (Å²) >= 11 is 0. The maximum atomic E-state index is 12.4. The van der Waals surface area contributed by atoms with Crippen molar-refractivity contribution < 1.29 is 4.79 Å². The van der Waals surface area contributed by atoms with Crippen molar-refractivity contribution in [3.05, 3.63) is 0 Å². The topological polar surface area (TPSA) is 35.6 Å². The van der Waals surface area contributed by atoms with Gasteiger partial charge in [-0.05, 0) is 33.1 Å². The SMILES string of the molecule is CCCCN(CCCC)C(=O)NC1CCN(C(C)C)C1. The molecule has 0 bridgehead atoms. The second kappa shape index (κ2) is 9.22. The summed E-state index contributed by atoms with van der Waals surface area (Å²) < 4.78 is 0. The molecule has 1 unspecified atom stereocenters. The Balaban J connectivity index is 2.40. The highest BCUT2D eigenvalue weighted by Gasteiger charge is 2.26. The van der Waals surface area contributed by atoms with Crippen LogP contribution in [-0.4, -0.2) is 54.1 Å². The average molecular weight is 283 g/mol. The molecule has 4 heteroatoms. The number of unbranched alkanes of at least 4 members (excludes halogenated alkanes) is 2. The minimum Gasteiger partial charge on any atom is -0.334 e. The molecule has 0 aromatic rings. The van der Waals surface area contributed by atoms with Gasteiger partial charge in [0.1, 0.15) is 0 Å². The number of nitrogens with one attached hydrogen (secondary N) is 1. The van der Waals surface area contributed by atoms with E-state index in [0.717, 1.165) is 58.3 Å². The minimum atomic E-state index is 0.141. The van der Waals surface area contributed by atoms with E-state index in [-0.39, 0.29) is 6.03 Å². The quantitative estimate of drug-likeness (QED) is 0.743. The van der Waals surface area contributed by atoms with E-state index in [0.29, 0.717) is 12.1 Å². The van der Waals surface area contributed by atoms with Gasteiger partial charge in [0.05, 0.1) is 0 Å². The first-order valence-electron chi connectivity index (χ1n) is 8.37. The summed E-state index contributed by atoms with van der Waals surface area (Å²) in [7, 11) is 0. The molecular formula is C16H33N3O. The number of carbonyl (C=O) groups is 1. The van der Waals surface area contributed by atoms with Gasteiger partial charge >= 0.3 is 6.03 Å². The molecule has 0 aromatic heterocycles. The summed E-state index contributed by atoms with van der Waals surface area (Å²) in [4.78, 5) is 16.8. The van der Waals surface area contributed by atoms with Gasteiger partial charge in [-0.3, -0.25) is 4.90 Å². The number of amides is 2. The van der Waals surface area contributed by atoms with Crippen LogP contribution in [0.5, 0.6) is 0 Å². The van der Waals surface area contributed by atoms with Crippen molar-refractivity contribution in [2.45, 2.75) is 71.9 Å². The van der Waals surface area contributed by atoms with Crippen LogP contribution in [0.15, 0.2) is 0 Å². The van der Waals surface area contributed by atoms with E-state index in [1.807, 2.05) is 4.90 Å². The van der Waals surface area contributed by atoms with Gasteiger partial charge in [-0.1, -0.05) is 26.7 Å². The van der Waals surface area contributed by atoms with Crippen LogP contribution in [0.2, 0.25) is 0 Å². The number of nitrogens with zero attached hydrogens (tertiary/aromatic N) is 2. The molecule has 0 aromatic carbocycles. The van der Waals surface area contributed by atoms with Crippen LogP contribution >= 0.6 is 0 Å². The molecule has 4 nitrogen and oxygen atoms in total. The van der Waals surface area contributed by atoms with E-state index >= 15 is 0 Å². The standard InChI is InChI=1S/C16H33N3O/c1-5-7-10-18(11-8-6-2)16(20)17-15-9-12-19(13-15)14(3)4/h14-15H,5-13H2,1-4H3,(H,17,20). The predicted octanol–water partition coefficient (Wildman–Crippen LogP) is 3.08. The first kappa shape index (κ1) is 17.3. The Labute approximate surface area is 124 Å². The summed E-state index contributed by atoms with van der Waals surface area (Å²) in [5.41, 5.74) is 0. The Bertz CT molecular complexity index is 273. The maximum Gasteiger partial charge on any atom is 0.317 e. The zero-order valence-electron chi connectivity index (χ0n) is 13.8.